The van der Waals surface area contributed by atoms with E-state index in [1.165, 1.54) is 6.08 Å². The van der Waals surface area contributed by atoms with Crippen LogP contribution in [-0.2, 0) is 9.59 Å². The van der Waals surface area contributed by atoms with Crippen LogP contribution in [0.5, 0.6) is 0 Å². The van der Waals surface area contributed by atoms with Crippen LogP contribution in [-0.4, -0.2) is 27.9 Å². The second-order valence-electron chi connectivity index (χ2n) is 3.05. The third kappa shape index (κ3) is 4.93. The number of carbonyl (C=O) groups is 2. The number of rotatable bonds is 5. The third-order valence-electron chi connectivity index (χ3n) is 1.73. The standard InChI is InChI=1S/C11H9ClO4S/c12-8-3-1-7(2-4-8)5-9(11(15)16)17-6-10(13)14/h1-5H,6H2,(H,13,14)(H,15,16)/b9-5-. The minimum Gasteiger partial charge on any atom is -0.481 e. The Bertz CT molecular complexity index is 453. The Morgan fingerprint density at radius 3 is 2.29 bits per heavy atom. The summed E-state index contributed by atoms with van der Waals surface area (Å²) in [5, 5.41) is 17.9. The molecule has 0 aliphatic rings. The van der Waals surface area contributed by atoms with Gasteiger partial charge in [0, 0.05) is 5.02 Å². The number of hydrogen-bond donors (Lipinski definition) is 2. The Kier molecular flexibility index (Phi) is 5.06. The van der Waals surface area contributed by atoms with Crippen molar-refractivity contribution in [2.24, 2.45) is 0 Å². The van der Waals surface area contributed by atoms with Crippen molar-refractivity contribution >= 4 is 41.4 Å². The second kappa shape index (κ2) is 6.32. The van der Waals surface area contributed by atoms with Crippen LogP contribution in [0.3, 0.4) is 0 Å². The van der Waals surface area contributed by atoms with Crippen molar-refractivity contribution in [3.8, 4) is 0 Å². The zero-order valence-corrected chi connectivity index (χ0v) is 10.2. The predicted molar refractivity (Wildman–Crippen MR) is 67.2 cm³/mol. The first-order valence-corrected chi connectivity index (χ1v) is 5.90. The average Bonchev–Trinajstić information content (AvgIpc) is 2.26. The molecule has 0 amide bonds. The summed E-state index contributed by atoms with van der Waals surface area (Å²) < 4.78 is 0. The lowest BCUT2D eigenvalue weighted by Gasteiger charge is -2.00. The number of carboxylic acid groups (broad SMARTS) is 2. The fourth-order valence-corrected chi connectivity index (χ4v) is 1.76. The molecule has 0 aliphatic carbocycles. The Morgan fingerprint density at radius 1 is 1.24 bits per heavy atom. The minimum atomic E-state index is -1.15. The van der Waals surface area contributed by atoms with Gasteiger partial charge in [-0.15, -0.1) is 11.8 Å². The van der Waals surface area contributed by atoms with E-state index in [9.17, 15) is 9.59 Å². The van der Waals surface area contributed by atoms with E-state index < -0.39 is 11.9 Å². The summed E-state index contributed by atoms with van der Waals surface area (Å²) in [5.41, 5.74) is 0.657. The molecule has 0 aromatic heterocycles. The van der Waals surface area contributed by atoms with Gasteiger partial charge in [-0.05, 0) is 23.8 Å². The van der Waals surface area contributed by atoms with Gasteiger partial charge in [-0.1, -0.05) is 23.7 Å². The van der Waals surface area contributed by atoms with E-state index in [1.807, 2.05) is 0 Å². The Labute approximate surface area is 107 Å². The van der Waals surface area contributed by atoms with Crippen LogP contribution in [0.15, 0.2) is 29.2 Å². The maximum Gasteiger partial charge on any atom is 0.342 e. The molecular weight excluding hydrogens is 264 g/mol. The molecule has 0 radical (unpaired) electrons. The molecule has 0 saturated carbocycles. The molecule has 0 fully saturated rings. The molecule has 1 aromatic carbocycles. The van der Waals surface area contributed by atoms with Crippen molar-refractivity contribution in [2.45, 2.75) is 0 Å². The van der Waals surface area contributed by atoms with E-state index in [0.717, 1.165) is 11.8 Å². The van der Waals surface area contributed by atoms with Crippen LogP contribution in [0.2, 0.25) is 5.02 Å². The van der Waals surface area contributed by atoms with Crippen LogP contribution in [0, 0.1) is 0 Å². The number of halogens is 1. The monoisotopic (exact) mass is 272 g/mol. The van der Waals surface area contributed by atoms with Crippen molar-refractivity contribution in [1.82, 2.24) is 0 Å². The number of carboxylic acids is 2. The zero-order chi connectivity index (χ0) is 12.8. The minimum absolute atomic E-state index is 0.0188. The molecule has 0 spiro atoms. The largest absolute Gasteiger partial charge is 0.481 e. The van der Waals surface area contributed by atoms with Crippen molar-refractivity contribution in [2.75, 3.05) is 5.75 Å². The Morgan fingerprint density at radius 2 is 1.82 bits per heavy atom. The van der Waals surface area contributed by atoms with Gasteiger partial charge in [0.05, 0.1) is 10.7 Å². The molecule has 1 rings (SSSR count). The summed E-state index contributed by atoms with van der Waals surface area (Å²) >= 11 is 6.46. The second-order valence-corrected chi connectivity index (χ2v) is 4.50. The molecule has 0 unspecified atom stereocenters. The molecule has 0 atom stereocenters. The van der Waals surface area contributed by atoms with Crippen LogP contribution in [0.1, 0.15) is 5.56 Å². The summed E-state index contributed by atoms with van der Waals surface area (Å²) in [5.74, 6) is -2.49. The fraction of sp³-hybridized carbons (Fsp3) is 0.0909. The van der Waals surface area contributed by atoms with E-state index in [0.29, 0.717) is 10.6 Å². The van der Waals surface area contributed by atoms with Gasteiger partial charge in [-0.3, -0.25) is 4.79 Å². The van der Waals surface area contributed by atoms with Crippen LogP contribution in [0.25, 0.3) is 6.08 Å². The predicted octanol–water partition coefficient (Wildman–Crippen LogP) is 2.58. The van der Waals surface area contributed by atoms with Gasteiger partial charge >= 0.3 is 11.9 Å². The van der Waals surface area contributed by atoms with Crippen molar-refractivity contribution in [1.29, 1.82) is 0 Å². The molecular formula is C11H9ClO4S. The summed E-state index contributed by atoms with van der Waals surface area (Å²) in [6.45, 7) is 0. The lowest BCUT2D eigenvalue weighted by Crippen LogP contribution is -2.03. The van der Waals surface area contributed by atoms with E-state index in [4.69, 9.17) is 21.8 Å². The topological polar surface area (TPSA) is 74.6 Å². The Balaban J connectivity index is 2.86. The van der Waals surface area contributed by atoms with Crippen LogP contribution < -0.4 is 0 Å². The molecule has 0 saturated heterocycles. The van der Waals surface area contributed by atoms with Crippen molar-refractivity contribution in [3.05, 3.63) is 39.8 Å². The SMILES string of the molecule is O=C(O)CS/C(=C\c1ccc(Cl)cc1)C(=O)O. The van der Waals surface area contributed by atoms with E-state index in [2.05, 4.69) is 0 Å². The summed E-state index contributed by atoms with van der Waals surface area (Å²) in [4.78, 5) is 21.2. The summed E-state index contributed by atoms with van der Waals surface area (Å²) in [6.07, 6.45) is 1.41. The van der Waals surface area contributed by atoms with Gasteiger partial charge < -0.3 is 10.2 Å². The first-order chi connectivity index (χ1) is 7.99. The van der Waals surface area contributed by atoms with Crippen LogP contribution in [0.4, 0.5) is 0 Å². The van der Waals surface area contributed by atoms with Gasteiger partial charge in [0.2, 0.25) is 0 Å². The molecule has 0 aliphatic heterocycles. The van der Waals surface area contributed by atoms with E-state index >= 15 is 0 Å². The Hall–Kier alpha value is -1.46. The highest BCUT2D eigenvalue weighted by molar-refractivity contribution is 8.04. The number of hydrogen-bond acceptors (Lipinski definition) is 3. The molecule has 90 valence electrons. The van der Waals surface area contributed by atoms with Gasteiger partial charge in [-0.2, -0.15) is 0 Å². The number of thioether (sulfide) groups is 1. The smallest absolute Gasteiger partial charge is 0.342 e. The highest BCUT2D eigenvalue weighted by Gasteiger charge is 2.10. The number of benzene rings is 1. The van der Waals surface area contributed by atoms with Gasteiger partial charge in [-0.25, -0.2) is 4.79 Å². The maximum absolute atomic E-state index is 10.9. The molecule has 1 aromatic rings. The third-order valence-corrected chi connectivity index (χ3v) is 2.98. The number of aliphatic carboxylic acids is 2. The molecule has 4 nitrogen and oxygen atoms in total. The average molecular weight is 273 g/mol. The van der Waals surface area contributed by atoms with Gasteiger partial charge in [0.15, 0.2) is 0 Å². The molecule has 0 heterocycles. The van der Waals surface area contributed by atoms with E-state index in [1.54, 1.807) is 24.3 Å². The van der Waals surface area contributed by atoms with E-state index in [-0.39, 0.29) is 10.7 Å². The van der Waals surface area contributed by atoms with Crippen molar-refractivity contribution < 1.29 is 19.8 Å². The summed E-state index contributed by atoms with van der Waals surface area (Å²) in [6, 6.07) is 6.59. The van der Waals surface area contributed by atoms with Crippen LogP contribution >= 0.6 is 23.4 Å². The van der Waals surface area contributed by atoms with Gasteiger partial charge in [0.25, 0.3) is 0 Å². The molecule has 0 bridgehead atoms. The highest BCUT2D eigenvalue weighted by Crippen LogP contribution is 2.20. The highest BCUT2D eigenvalue weighted by atomic mass is 35.5. The van der Waals surface area contributed by atoms with Gasteiger partial charge in [0.1, 0.15) is 0 Å². The quantitative estimate of drug-likeness (QED) is 0.806. The molecule has 2 N–H and O–H groups in total. The first kappa shape index (κ1) is 13.6. The molecule has 17 heavy (non-hydrogen) atoms. The lowest BCUT2D eigenvalue weighted by molar-refractivity contribution is -0.134. The zero-order valence-electron chi connectivity index (χ0n) is 8.59. The first-order valence-electron chi connectivity index (χ1n) is 4.54. The summed E-state index contributed by atoms with van der Waals surface area (Å²) in [7, 11) is 0. The lowest BCUT2D eigenvalue weighted by atomic mass is 10.2. The fourth-order valence-electron chi connectivity index (χ4n) is 1.02. The van der Waals surface area contributed by atoms with Crippen molar-refractivity contribution in [3.63, 3.8) is 0 Å². The normalized spacial score (nSPS) is 11.2. The molecule has 6 heteroatoms. The maximum atomic E-state index is 10.9.